The van der Waals surface area contributed by atoms with Crippen molar-refractivity contribution in [2.75, 3.05) is 6.61 Å². The Kier molecular flexibility index (Phi) is 5.74. The molecule has 1 atom stereocenters. The molecular weight excluding hydrogens is 259 g/mol. The van der Waals surface area contributed by atoms with E-state index in [0.29, 0.717) is 0 Å². The van der Waals surface area contributed by atoms with E-state index >= 15 is 0 Å². The summed E-state index contributed by atoms with van der Waals surface area (Å²) in [5.41, 5.74) is 4.65. The molecule has 0 amide bonds. The van der Waals surface area contributed by atoms with Crippen molar-refractivity contribution in [1.29, 1.82) is 0 Å². The standard InChI is InChI=1S/C10H12F3NO2.ClH/c11-10(12,13)6-1-2-9(16)7(5-6)8(14)3-4-15;/h1-2,5,8,15-16H,3-4,14H2;1H/t8-;/m0./s1. The number of aromatic hydroxyl groups is 1. The van der Waals surface area contributed by atoms with E-state index in [1.54, 1.807) is 0 Å². The topological polar surface area (TPSA) is 66.5 Å². The molecule has 4 N–H and O–H groups in total. The number of hydrogen-bond donors (Lipinski definition) is 3. The molecule has 0 aliphatic rings. The second-order valence-corrected chi connectivity index (χ2v) is 3.39. The maximum Gasteiger partial charge on any atom is 0.416 e. The summed E-state index contributed by atoms with van der Waals surface area (Å²) in [5, 5.41) is 18.0. The Morgan fingerprint density at radius 2 is 1.88 bits per heavy atom. The van der Waals surface area contributed by atoms with Crippen LogP contribution in [0.3, 0.4) is 0 Å². The number of aliphatic hydroxyl groups is 1. The SMILES string of the molecule is Cl.N[C@@H](CCO)c1cc(C(F)(F)F)ccc1O. The molecule has 0 unspecified atom stereocenters. The van der Waals surface area contributed by atoms with Crippen LogP contribution in [0, 0.1) is 0 Å². The van der Waals surface area contributed by atoms with Crippen molar-refractivity contribution in [3.05, 3.63) is 29.3 Å². The van der Waals surface area contributed by atoms with Gasteiger partial charge in [0, 0.05) is 18.2 Å². The van der Waals surface area contributed by atoms with Gasteiger partial charge in [-0.15, -0.1) is 12.4 Å². The van der Waals surface area contributed by atoms with Crippen LogP contribution in [0.4, 0.5) is 13.2 Å². The fourth-order valence-electron chi connectivity index (χ4n) is 1.32. The van der Waals surface area contributed by atoms with E-state index in [0.717, 1.165) is 18.2 Å². The van der Waals surface area contributed by atoms with Gasteiger partial charge in [0.05, 0.1) is 5.56 Å². The molecule has 0 fully saturated rings. The van der Waals surface area contributed by atoms with Crippen molar-refractivity contribution in [3.63, 3.8) is 0 Å². The molecule has 1 rings (SSSR count). The van der Waals surface area contributed by atoms with Gasteiger partial charge in [-0.05, 0) is 24.6 Å². The minimum absolute atomic E-state index is 0. The summed E-state index contributed by atoms with van der Waals surface area (Å²) in [7, 11) is 0. The van der Waals surface area contributed by atoms with E-state index in [-0.39, 0.29) is 36.7 Å². The molecule has 0 bridgehead atoms. The number of nitrogens with two attached hydrogens (primary N) is 1. The Hall–Kier alpha value is -0.980. The summed E-state index contributed by atoms with van der Waals surface area (Å²) in [6.45, 7) is -0.253. The van der Waals surface area contributed by atoms with Gasteiger partial charge in [0.2, 0.25) is 0 Å². The zero-order chi connectivity index (χ0) is 12.3. The predicted molar refractivity (Wildman–Crippen MR) is 59.0 cm³/mol. The van der Waals surface area contributed by atoms with Crippen LogP contribution in [0.2, 0.25) is 0 Å². The van der Waals surface area contributed by atoms with Gasteiger partial charge in [-0.2, -0.15) is 13.2 Å². The van der Waals surface area contributed by atoms with Crippen LogP contribution in [0.5, 0.6) is 5.75 Å². The molecule has 0 radical (unpaired) electrons. The molecule has 1 aromatic carbocycles. The Morgan fingerprint density at radius 3 is 2.35 bits per heavy atom. The van der Waals surface area contributed by atoms with Crippen LogP contribution in [-0.2, 0) is 6.18 Å². The highest BCUT2D eigenvalue weighted by molar-refractivity contribution is 5.85. The first-order chi connectivity index (χ1) is 7.36. The molecule has 0 saturated heterocycles. The summed E-state index contributed by atoms with van der Waals surface area (Å²) >= 11 is 0. The van der Waals surface area contributed by atoms with Crippen molar-refractivity contribution >= 4 is 12.4 Å². The third-order valence-corrected chi connectivity index (χ3v) is 2.19. The number of alkyl halides is 3. The highest BCUT2D eigenvalue weighted by atomic mass is 35.5. The van der Waals surface area contributed by atoms with Crippen LogP contribution in [0.1, 0.15) is 23.6 Å². The van der Waals surface area contributed by atoms with Crippen molar-refractivity contribution < 1.29 is 23.4 Å². The van der Waals surface area contributed by atoms with Crippen molar-refractivity contribution in [3.8, 4) is 5.75 Å². The molecule has 0 aliphatic heterocycles. The molecule has 0 spiro atoms. The molecule has 1 aromatic rings. The lowest BCUT2D eigenvalue weighted by Gasteiger charge is -2.15. The number of hydrogen-bond acceptors (Lipinski definition) is 3. The second-order valence-electron chi connectivity index (χ2n) is 3.39. The van der Waals surface area contributed by atoms with E-state index < -0.39 is 17.8 Å². The molecule has 7 heteroatoms. The first kappa shape index (κ1) is 16.0. The molecular formula is C10H13ClF3NO2. The highest BCUT2D eigenvalue weighted by Gasteiger charge is 2.31. The summed E-state index contributed by atoms with van der Waals surface area (Å²) in [6, 6.07) is 1.72. The first-order valence-corrected chi connectivity index (χ1v) is 4.63. The van der Waals surface area contributed by atoms with E-state index in [4.69, 9.17) is 10.8 Å². The fourth-order valence-corrected chi connectivity index (χ4v) is 1.32. The number of phenolic OH excluding ortho intramolecular Hbond substituents is 1. The zero-order valence-corrected chi connectivity index (χ0v) is 9.55. The highest BCUT2D eigenvalue weighted by Crippen LogP contribution is 2.34. The van der Waals surface area contributed by atoms with Gasteiger partial charge < -0.3 is 15.9 Å². The number of rotatable bonds is 3. The van der Waals surface area contributed by atoms with Crippen LogP contribution >= 0.6 is 12.4 Å². The number of halogens is 4. The van der Waals surface area contributed by atoms with Gasteiger partial charge in [-0.25, -0.2) is 0 Å². The fraction of sp³-hybridized carbons (Fsp3) is 0.400. The molecule has 98 valence electrons. The number of benzene rings is 1. The lowest BCUT2D eigenvalue weighted by atomic mass is 10.0. The quantitative estimate of drug-likeness (QED) is 0.790. The van der Waals surface area contributed by atoms with Crippen LogP contribution < -0.4 is 5.73 Å². The summed E-state index contributed by atoms with van der Waals surface area (Å²) < 4.78 is 37.1. The lowest BCUT2D eigenvalue weighted by Crippen LogP contribution is -2.14. The predicted octanol–water partition coefficient (Wildman–Crippen LogP) is 2.22. The maximum absolute atomic E-state index is 12.4. The Balaban J connectivity index is 0.00000256. The first-order valence-electron chi connectivity index (χ1n) is 4.63. The molecule has 17 heavy (non-hydrogen) atoms. The zero-order valence-electron chi connectivity index (χ0n) is 8.74. The Morgan fingerprint density at radius 1 is 1.29 bits per heavy atom. The molecule has 0 heterocycles. The van der Waals surface area contributed by atoms with Gasteiger partial charge in [-0.3, -0.25) is 0 Å². The van der Waals surface area contributed by atoms with Gasteiger partial charge in [0.1, 0.15) is 5.75 Å². The van der Waals surface area contributed by atoms with Gasteiger partial charge in [-0.1, -0.05) is 0 Å². The van der Waals surface area contributed by atoms with E-state index in [1.165, 1.54) is 0 Å². The summed E-state index contributed by atoms with van der Waals surface area (Å²) in [4.78, 5) is 0. The molecule has 0 saturated carbocycles. The monoisotopic (exact) mass is 271 g/mol. The van der Waals surface area contributed by atoms with Gasteiger partial charge >= 0.3 is 6.18 Å². The third-order valence-electron chi connectivity index (χ3n) is 2.19. The van der Waals surface area contributed by atoms with Crippen molar-refractivity contribution in [1.82, 2.24) is 0 Å². The smallest absolute Gasteiger partial charge is 0.416 e. The second kappa shape index (κ2) is 6.09. The maximum atomic E-state index is 12.4. The summed E-state index contributed by atoms with van der Waals surface area (Å²) in [5.74, 6) is -0.297. The third kappa shape index (κ3) is 4.07. The molecule has 0 aromatic heterocycles. The van der Waals surface area contributed by atoms with Gasteiger partial charge in [0.25, 0.3) is 0 Å². The average Bonchev–Trinajstić information content (AvgIpc) is 2.16. The number of aliphatic hydroxyl groups excluding tert-OH is 1. The average molecular weight is 272 g/mol. The largest absolute Gasteiger partial charge is 0.508 e. The van der Waals surface area contributed by atoms with Crippen LogP contribution in [0.15, 0.2) is 18.2 Å². The van der Waals surface area contributed by atoms with Gasteiger partial charge in [0.15, 0.2) is 0 Å². The van der Waals surface area contributed by atoms with Crippen LogP contribution in [0.25, 0.3) is 0 Å². The Labute approximate surface area is 102 Å². The van der Waals surface area contributed by atoms with E-state index in [9.17, 15) is 18.3 Å². The number of phenols is 1. The Bertz CT molecular complexity index is 371. The lowest BCUT2D eigenvalue weighted by molar-refractivity contribution is -0.137. The van der Waals surface area contributed by atoms with E-state index in [2.05, 4.69) is 0 Å². The van der Waals surface area contributed by atoms with Crippen LogP contribution in [-0.4, -0.2) is 16.8 Å². The van der Waals surface area contributed by atoms with E-state index in [1.807, 2.05) is 0 Å². The summed E-state index contributed by atoms with van der Waals surface area (Å²) in [6.07, 6.45) is -4.38. The molecule has 3 nitrogen and oxygen atoms in total. The molecule has 0 aliphatic carbocycles. The van der Waals surface area contributed by atoms with Crippen molar-refractivity contribution in [2.24, 2.45) is 5.73 Å². The van der Waals surface area contributed by atoms with Crippen molar-refractivity contribution in [2.45, 2.75) is 18.6 Å². The normalized spacial score (nSPS) is 13.0. The minimum atomic E-state index is -4.47. The minimum Gasteiger partial charge on any atom is -0.508 e.